The van der Waals surface area contributed by atoms with Crippen molar-refractivity contribution in [1.82, 2.24) is 16.0 Å². The van der Waals surface area contributed by atoms with E-state index in [1.54, 1.807) is 6.92 Å². The van der Waals surface area contributed by atoms with E-state index in [4.69, 9.17) is 27.4 Å². The summed E-state index contributed by atoms with van der Waals surface area (Å²) in [6.45, 7) is 3.23. The number of carbonyl (C=O) groups excluding carboxylic acids is 3. The Hall–Kier alpha value is -3.42. The maximum atomic E-state index is 12.5. The van der Waals surface area contributed by atoms with Crippen LogP contribution in [0.15, 0.2) is 4.99 Å². The van der Waals surface area contributed by atoms with Crippen molar-refractivity contribution >= 4 is 35.6 Å². The second-order valence-corrected chi connectivity index (χ2v) is 7.20. The van der Waals surface area contributed by atoms with Gasteiger partial charge in [-0.15, -0.1) is 0 Å². The molecule has 4 atom stereocenters. The highest BCUT2D eigenvalue weighted by Crippen LogP contribution is 2.07. The summed E-state index contributed by atoms with van der Waals surface area (Å²) in [5, 5.41) is 24.5. The third-order valence-electron chi connectivity index (χ3n) is 4.57. The van der Waals surface area contributed by atoms with E-state index in [0.29, 0.717) is 12.8 Å². The smallest absolute Gasteiger partial charge is 0.326 e. The maximum Gasteiger partial charge on any atom is 0.326 e. The van der Waals surface area contributed by atoms with Crippen molar-refractivity contribution in [3.8, 4) is 0 Å². The molecule has 32 heavy (non-hydrogen) atoms. The number of carbonyl (C=O) groups is 5. The number of hydrogen-bond donors (Lipinski definition) is 8. The summed E-state index contributed by atoms with van der Waals surface area (Å²) in [6, 6.07) is -3.54. The lowest BCUT2D eigenvalue weighted by atomic mass is 9.98. The maximum absolute atomic E-state index is 12.5. The first-order valence-corrected chi connectivity index (χ1v) is 10.0. The molecule has 0 aliphatic rings. The van der Waals surface area contributed by atoms with Crippen LogP contribution >= 0.6 is 0 Å². The molecule has 0 spiro atoms. The average molecular weight is 460 g/mol. The van der Waals surface area contributed by atoms with Gasteiger partial charge in [-0.1, -0.05) is 20.3 Å². The van der Waals surface area contributed by atoms with Crippen LogP contribution in [0.5, 0.6) is 0 Å². The fourth-order valence-corrected chi connectivity index (χ4v) is 2.46. The molecule has 14 nitrogen and oxygen atoms in total. The van der Waals surface area contributed by atoms with Gasteiger partial charge in [-0.25, -0.2) is 4.79 Å². The van der Waals surface area contributed by atoms with Gasteiger partial charge < -0.3 is 43.4 Å². The topological polar surface area (TPSA) is 252 Å². The molecule has 0 saturated carbocycles. The number of nitrogens with one attached hydrogen (secondary N) is 3. The lowest BCUT2D eigenvalue weighted by Crippen LogP contribution is -2.54. The van der Waals surface area contributed by atoms with Gasteiger partial charge in [-0.2, -0.15) is 0 Å². The van der Waals surface area contributed by atoms with Crippen LogP contribution in [0.4, 0.5) is 0 Å². The van der Waals surface area contributed by atoms with E-state index in [1.165, 1.54) is 0 Å². The first kappa shape index (κ1) is 28.6. The Morgan fingerprint density at radius 2 is 1.62 bits per heavy atom. The number of nitrogens with zero attached hydrogens (tertiary/aromatic N) is 1. The zero-order valence-electron chi connectivity index (χ0n) is 18.2. The molecule has 0 bridgehead atoms. The fourth-order valence-electron chi connectivity index (χ4n) is 2.46. The van der Waals surface area contributed by atoms with Crippen molar-refractivity contribution in [1.29, 1.82) is 0 Å². The van der Waals surface area contributed by atoms with Gasteiger partial charge in [0.2, 0.25) is 17.7 Å². The third-order valence-corrected chi connectivity index (χ3v) is 4.57. The van der Waals surface area contributed by atoms with Gasteiger partial charge in [-0.3, -0.25) is 24.2 Å². The molecule has 0 aromatic heterocycles. The minimum Gasteiger partial charge on any atom is -0.481 e. The van der Waals surface area contributed by atoms with Crippen LogP contribution in [0, 0.1) is 5.92 Å². The molecular weight excluding hydrogens is 426 g/mol. The number of hydrogen-bond acceptors (Lipinski definition) is 7. The van der Waals surface area contributed by atoms with Crippen LogP contribution in [0.1, 0.15) is 39.5 Å². The second kappa shape index (κ2) is 14.6. The highest BCUT2D eigenvalue weighted by molar-refractivity contribution is 5.93. The number of aliphatic imine (C=N–C) groups is 1. The van der Waals surface area contributed by atoms with Crippen LogP contribution < -0.4 is 33.2 Å². The molecule has 0 aromatic rings. The molecule has 0 saturated heterocycles. The molecule has 0 heterocycles. The minimum absolute atomic E-state index is 0.125. The predicted octanol–water partition coefficient (Wildman–Crippen LogP) is -2.94. The van der Waals surface area contributed by atoms with E-state index in [0.717, 1.165) is 0 Å². The monoisotopic (exact) mass is 459 g/mol. The molecule has 3 amide bonds. The van der Waals surface area contributed by atoms with Crippen molar-refractivity contribution in [2.45, 2.75) is 57.7 Å². The number of nitrogens with two attached hydrogens (primary N) is 3. The Morgan fingerprint density at radius 3 is 2.12 bits per heavy atom. The molecule has 11 N–H and O–H groups in total. The van der Waals surface area contributed by atoms with Crippen molar-refractivity contribution in [3.63, 3.8) is 0 Å². The Morgan fingerprint density at radius 1 is 1.00 bits per heavy atom. The molecule has 14 heteroatoms. The van der Waals surface area contributed by atoms with Crippen molar-refractivity contribution in [2.75, 3.05) is 13.1 Å². The minimum atomic E-state index is -1.65. The van der Waals surface area contributed by atoms with Gasteiger partial charge in [-0.05, 0) is 18.8 Å². The van der Waals surface area contributed by atoms with Crippen molar-refractivity contribution in [2.24, 2.45) is 28.1 Å². The van der Waals surface area contributed by atoms with Gasteiger partial charge in [0.1, 0.15) is 12.1 Å². The highest BCUT2D eigenvalue weighted by atomic mass is 16.4. The lowest BCUT2D eigenvalue weighted by molar-refractivity contribution is -0.147. The standard InChI is InChI=1S/C18H33N7O7/c1-3-9(2)14(19)16(30)25-10(5-4-6-22-18(20)21)15(29)23-8-12(26)24-11(17(31)32)7-13(27)28/h9-11,14H,3-8,19H2,1-2H3,(H,23,29)(H,24,26)(H,25,30)(H,27,28)(H,31,32)(H4,20,21,22). The first-order chi connectivity index (χ1) is 14.9. The third kappa shape index (κ3) is 11.7. The van der Waals surface area contributed by atoms with Gasteiger partial charge in [0.15, 0.2) is 5.96 Å². The molecule has 0 aliphatic carbocycles. The summed E-state index contributed by atoms with van der Waals surface area (Å²) in [6.07, 6.45) is 0.296. The zero-order chi connectivity index (χ0) is 24.8. The van der Waals surface area contributed by atoms with E-state index in [1.807, 2.05) is 12.2 Å². The summed E-state index contributed by atoms with van der Waals surface area (Å²) in [5.74, 6) is -5.36. The molecule has 0 rings (SSSR count). The number of carboxylic acid groups (broad SMARTS) is 2. The van der Waals surface area contributed by atoms with Gasteiger partial charge in [0.25, 0.3) is 0 Å². The Labute approximate surface area is 185 Å². The Bertz CT molecular complexity index is 710. The Kier molecular flexibility index (Phi) is 13.0. The van der Waals surface area contributed by atoms with E-state index in [9.17, 15) is 24.0 Å². The zero-order valence-corrected chi connectivity index (χ0v) is 18.2. The SMILES string of the molecule is CCC(C)C(N)C(=O)NC(CCCN=C(N)N)C(=O)NCC(=O)NC(CC(=O)O)C(=O)O. The number of rotatable bonds is 15. The summed E-state index contributed by atoms with van der Waals surface area (Å²) >= 11 is 0. The van der Waals surface area contributed by atoms with Crippen molar-refractivity contribution in [3.05, 3.63) is 0 Å². The van der Waals surface area contributed by atoms with Gasteiger partial charge in [0, 0.05) is 6.54 Å². The molecule has 182 valence electrons. The van der Waals surface area contributed by atoms with Crippen LogP contribution in [0.3, 0.4) is 0 Å². The van der Waals surface area contributed by atoms with E-state index in [-0.39, 0.29) is 24.8 Å². The van der Waals surface area contributed by atoms with Crippen LogP contribution in [-0.2, 0) is 24.0 Å². The normalized spacial score (nSPS) is 14.2. The predicted molar refractivity (Wildman–Crippen MR) is 114 cm³/mol. The van der Waals surface area contributed by atoms with Crippen LogP contribution in [0.2, 0.25) is 0 Å². The van der Waals surface area contributed by atoms with Crippen LogP contribution in [0.25, 0.3) is 0 Å². The Balaban J connectivity index is 5.03. The molecule has 4 unspecified atom stereocenters. The van der Waals surface area contributed by atoms with E-state index >= 15 is 0 Å². The summed E-state index contributed by atoms with van der Waals surface area (Å²) in [7, 11) is 0. The quantitative estimate of drug-likeness (QED) is 0.0702. The van der Waals surface area contributed by atoms with E-state index < -0.39 is 60.8 Å². The molecule has 0 fully saturated rings. The number of aliphatic carboxylic acids is 2. The molecule has 0 aromatic carbocycles. The average Bonchev–Trinajstić information content (AvgIpc) is 2.71. The molecular formula is C18H33N7O7. The number of guanidine groups is 1. The summed E-state index contributed by atoms with van der Waals surface area (Å²) in [5.41, 5.74) is 16.4. The van der Waals surface area contributed by atoms with Gasteiger partial charge in [0.05, 0.1) is 19.0 Å². The largest absolute Gasteiger partial charge is 0.481 e. The molecule has 0 radical (unpaired) electrons. The number of amides is 3. The van der Waals surface area contributed by atoms with Gasteiger partial charge >= 0.3 is 11.9 Å². The number of carboxylic acids is 2. The van der Waals surface area contributed by atoms with Crippen LogP contribution in [-0.4, -0.2) is 77.0 Å². The van der Waals surface area contributed by atoms with E-state index in [2.05, 4.69) is 15.6 Å². The summed E-state index contributed by atoms with van der Waals surface area (Å²) < 4.78 is 0. The second-order valence-electron chi connectivity index (χ2n) is 7.20. The lowest BCUT2D eigenvalue weighted by Gasteiger charge is -2.23. The first-order valence-electron chi connectivity index (χ1n) is 10.0. The summed E-state index contributed by atoms with van der Waals surface area (Å²) in [4.78, 5) is 62.3. The van der Waals surface area contributed by atoms with Crippen molar-refractivity contribution < 1.29 is 34.2 Å². The molecule has 0 aliphatic heterocycles. The highest BCUT2D eigenvalue weighted by Gasteiger charge is 2.27. The fraction of sp³-hybridized carbons (Fsp3) is 0.667.